The Morgan fingerprint density at radius 3 is 2.89 bits per heavy atom. The zero-order valence-corrected chi connectivity index (χ0v) is 11.8. The zero-order valence-electron chi connectivity index (χ0n) is 11.8. The van der Waals surface area contributed by atoms with Crippen LogP contribution in [0.1, 0.15) is 37.3 Å². The highest BCUT2D eigenvalue weighted by atomic mass is 16.3. The highest BCUT2D eigenvalue weighted by Crippen LogP contribution is 2.30. The molecule has 3 nitrogen and oxygen atoms in total. The maximum atomic E-state index is 9.88. The molecule has 0 heterocycles. The molecule has 1 aromatic carbocycles. The first-order valence-electron chi connectivity index (χ1n) is 7.41. The van der Waals surface area contributed by atoms with Crippen LogP contribution in [0.15, 0.2) is 18.2 Å². The Kier molecular flexibility index (Phi) is 5.23. The minimum Gasteiger partial charge on any atom is -0.508 e. The largest absolute Gasteiger partial charge is 0.508 e. The Hall–Kier alpha value is -1.06. The first kappa shape index (κ1) is 14.4. The fourth-order valence-corrected chi connectivity index (χ4v) is 3.12. The van der Waals surface area contributed by atoms with E-state index in [9.17, 15) is 5.11 Å². The van der Waals surface area contributed by atoms with Crippen molar-refractivity contribution < 1.29 is 10.2 Å². The number of benzene rings is 1. The number of phenols is 1. The maximum Gasteiger partial charge on any atom is 0.119 e. The number of aromatic hydroxyl groups is 1. The fourth-order valence-electron chi connectivity index (χ4n) is 3.12. The number of aliphatic hydroxyl groups excluding tert-OH is 1. The van der Waals surface area contributed by atoms with E-state index in [1.807, 2.05) is 6.07 Å². The maximum absolute atomic E-state index is 9.88. The average molecular weight is 263 g/mol. The van der Waals surface area contributed by atoms with Gasteiger partial charge in [0.2, 0.25) is 0 Å². The summed E-state index contributed by atoms with van der Waals surface area (Å²) in [6, 6.07) is 6.42. The number of phenolic OH excluding ortho intramolecular Hbond substituents is 1. The van der Waals surface area contributed by atoms with Gasteiger partial charge in [-0.05, 0) is 55.8 Å². The van der Waals surface area contributed by atoms with Crippen molar-refractivity contribution >= 4 is 0 Å². The molecule has 2 N–H and O–H groups in total. The van der Waals surface area contributed by atoms with Gasteiger partial charge in [0.05, 0.1) is 0 Å². The van der Waals surface area contributed by atoms with Gasteiger partial charge in [-0.15, -0.1) is 0 Å². The van der Waals surface area contributed by atoms with Gasteiger partial charge in [-0.2, -0.15) is 0 Å². The highest BCUT2D eigenvalue weighted by molar-refractivity contribution is 5.41. The molecule has 106 valence electrons. The Morgan fingerprint density at radius 2 is 2.16 bits per heavy atom. The van der Waals surface area contributed by atoms with Crippen molar-refractivity contribution in [2.24, 2.45) is 0 Å². The lowest BCUT2D eigenvalue weighted by Crippen LogP contribution is -2.40. The standard InChI is InChI=1S/C16H25NO2/c1-2-9-17(10-4-11-18)14-7-8-15-13(12-14)5-3-6-16(15)19/h3,5-6,14,18-19H,2,4,7-12H2,1H3/t14-/m0/s1. The van der Waals surface area contributed by atoms with E-state index in [1.54, 1.807) is 6.07 Å². The highest BCUT2D eigenvalue weighted by Gasteiger charge is 2.24. The van der Waals surface area contributed by atoms with Crippen LogP contribution in [0.4, 0.5) is 0 Å². The normalized spacial score (nSPS) is 18.6. The molecule has 0 aliphatic heterocycles. The Morgan fingerprint density at radius 1 is 1.32 bits per heavy atom. The number of hydrogen-bond acceptors (Lipinski definition) is 3. The molecule has 0 amide bonds. The molecule has 1 aliphatic carbocycles. The summed E-state index contributed by atoms with van der Waals surface area (Å²) in [5, 5.41) is 18.9. The first-order chi connectivity index (χ1) is 9.26. The molecule has 0 fully saturated rings. The monoisotopic (exact) mass is 263 g/mol. The molecule has 0 spiro atoms. The number of aliphatic hydroxyl groups is 1. The Bertz CT molecular complexity index is 406. The van der Waals surface area contributed by atoms with E-state index in [0.29, 0.717) is 11.8 Å². The summed E-state index contributed by atoms with van der Waals surface area (Å²) >= 11 is 0. The lowest BCUT2D eigenvalue weighted by Gasteiger charge is -2.35. The van der Waals surface area contributed by atoms with Crippen molar-refractivity contribution in [1.29, 1.82) is 0 Å². The summed E-state index contributed by atoms with van der Waals surface area (Å²) in [5.74, 6) is 0.452. The second kappa shape index (κ2) is 6.92. The van der Waals surface area contributed by atoms with Crippen molar-refractivity contribution in [2.75, 3.05) is 19.7 Å². The second-order valence-electron chi connectivity index (χ2n) is 5.42. The van der Waals surface area contributed by atoms with Crippen LogP contribution in [-0.4, -0.2) is 40.9 Å². The van der Waals surface area contributed by atoms with Gasteiger partial charge in [0, 0.05) is 19.2 Å². The van der Waals surface area contributed by atoms with Crippen molar-refractivity contribution in [1.82, 2.24) is 4.90 Å². The van der Waals surface area contributed by atoms with Crippen molar-refractivity contribution in [2.45, 2.75) is 45.1 Å². The smallest absolute Gasteiger partial charge is 0.119 e. The van der Waals surface area contributed by atoms with Crippen LogP contribution in [0, 0.1) is 0 Å². The predicted molar refractivity (Wildman–Crippen MR) is 77.5 cm³/mol. The van der Waals surface area contributed by atoms with Crippen LogP contribution in [0.3, 0.4) is 0 Å². The molecule has 3 heteroatoms. The predicted octanol–water partition coefficient (Wildman–Crippen LogP) is 2.34. The van der Waals surface area contributed by atoms with E-state index in [1.165, 1.54) is 5.56 Å². The summed E-state index contributed by atoms with van der Waals surface area (Å²) in [4.78, 5) is 2.50. The van der Waals surface area contributed by atoms with Crippen LogP contribution < -0.4 is 0 Å². The van der Waals surface area contributed by atoms with Crippen molar-refractivity contribution in [3.05, 3.63) is 29.3 Å². The lowest BCUT2D eigenvalue weighted by molar-refractivity contribution is 0.160. The lowest BCUT2D eigenvalue weighted by atomic mass is 9.86. The molecule has 19 heavy (non-hydrogen) atoms. The van der Waals surface area contributed by atoms with Gasteiger partial charge in [-0.1, -0.05) is 19.1 Å². The molecule has 0 bridgehead atoms. The second-order valence-corrected chi connectivity index (χ2v) is 5.42. The third kappa shape index (κ3) is 3.48. The fraction of sp³-hybridized carbons (Fsp3) is 0.625. The van der Waals surface area contributed by atoms with Gasteiger partial charge in [0.1, 0.15) is 5.75 Å². The van der Waals surface area contributed by atoms with Crippen LogP contribution in [0.5, 0.6) is 5.75 Å². The number of rotatable bonds is 6. The molecule has 0 saturated carbocycles. The molecule has 1 atom stereocenters. The quantitative estimate of drug-likeness (QED) is 0.828. The summed E-state index contributed by atoms with van der Waals surface area (Å²) in [7, 11) is 0. The molecular formula is C16H25NO2. The van der Waals surface area contributed by atoms with E-state index >= 15 is 0 Å². The van der Waals surface area contributed by atoms with Gasteiger partial charge in [0.15, 0.2) is 0 Å². The minimum absolute atomic E-state index is 0.268. The summed E-state index contributed by atoms with van der Waals surface area (Å²) in [6.07, 6.45) is 5.09. The van der Waals surface area contributed by atoms with Crippen LogP contribution in [-0.2, 0) is 12.8 Å². The molecule has 0 aromatic heterocycles. The van der Waals surface area contributed by atoms with E-state index < -0.39 is 0 Å². The van der Waals surface area contributed by atoms with Gasteiger partial charge in [0.25, 0.3) is 0 Å². The first-order valence-corrected chi connectivity index (χ1v) is 7.41. The summed E-state index contributed by atoms with van der Waals surface area (Å²) < 4.78 is 0. The van der Waals surface area contributed by atoms with E-state index in [0.717, 1.165) is 50.8 Å². The summed E-state index contributed by atoms with van der Waals surface area (Å²) in [6.45, 7) is 4.54. The van der Waals surface area contributed by atoms with E-state index in [2.05, 4.69) is 17.9 Å². The van der Waals surface area contributed by atoms with Crippen molar-refractivity contribution in [3.63, 3.8) is 0 Å². The van der Waals surface area contributed by atoms with Gasteiger partial charge in [-0.3, -0.25) is 4.90 Å². The average Bonchev–Trinajstić information content (AvgIpc) is 2.43. The zero-order chi connectivity index (χ0) is 13.7. The van der Waals surface area contributed by atoms with E-state index in [-0.39, 0.29) is 6.61 Å². The molecule has 0 saturated heterocycles. The molecule has 1 aromatic rings. The number of fused-ring (bicyclic) bond motifs is 1. The minimum atomic E-state index is 0.268. The topological polar surface area (TPSA) is 43.7 Å². The van der Waals surface area contributed by atoms with Gasteiger partial charge < -0.3 is 10.2 Å². The Balaban J connectivity index is 2.06. The number of hydrogen-bond donors (Lipinski definition) is 2. The molecule has 0 unspecified atom stereocenters. The number of nitrogens with zero attached hydrogens (tertiary/aromatic N) is 1. The summed E-state index contributed by atoms with van der Waals surface area (Å²) in [5.41, 5.74) is 2.43. The van der Waals surface area contributed by atoms with Crippen LogP contribution in [0.2, 0.25) is 0 Å². The SMILES string of the molecule is CCCN(CCCO)[C@H]1CCc2c(O)cccc2C1. The van der Waals surface area contributed by atoms with Crippen molar-refractivity contribution in [3.8, 4) is 5.75 Å². The molecule has 1 aliphatic rings. The Labute approximate surface area is 115 Å². The van der Waals surface area contributed by atoms with E-state index in [4.69, 9.17) is 5.11 Å². The third-order valence-electron chi connectivity index (χ3n) is 4.06. The third-order valence-corrected chi connectivity index (χ3v) is 4.06. The van der Waals surface area contributed by atoms with Crippen LogP contribution in [0.25, 0.3) is 0 Å². The molecule has 2 rings (SSSR count). The van der Waals surface area contributed by atoms with Gasteiger partial charge >= 0.3 is 0 Å². The van der Waals surface area contributed by atoms with Crippen LogP contribution >= 0.6 is 0 Å². The molecular weight excluding hydrogens is 238 g/mol. The molecule has 0 radical (unpaired) electrons. The van der Waals surface area contributed by atoms with Gasteiger partial charge in [-0.25, -0.2) is 0 Å².